The third-order valence-electron chi connectivity index (χ3n) is 6.34. The van der Waals surface area contributed by atoms with E-state index in [4.69, 9.17) is 26.2 Å². The fourth-order valence-electron chi connectivity index (χ4n) is 4.37. The Morgan fingerprint density at radius 3 is 2.05 bits per heavy atom. The molecular weight excluding hydrogens is 563 g/mol. The average Bonchev–Trinajstić information content (AvgIpc) is 3.38. The molecule has 3 aromatic rings. The zero-order chi connectivity index (χ0) is 30.4. The highest BCUT2D eigenvalue weighted by Crippen LogP contribution is 2.35. The van der Waals surface area contributed by atoms with E-state index >= 15 is 0 Å². The van der Waals surface area contributed by atoms with Crippen LogP contribution in [0, 0.1) is 5.41 Å². The third kappa shape index (κ3) is 8.05. The third-order valence-corrected chi connectivity index (χ3v) is 7.31. The molecule has 8 N–H and O–H groups in total. The summed E-state index contributed by atoms with van der Waals surface area (Å²) in [6.45, 7) is 0. The molecule has 10 nitrogen and oxygen atoms in total. The van der Waals surface area contributed by atoms with Crippen molar-refractivity contribution in [3.8, 4) is 11.1 Å². The maximum Gasteiger partial charge on any atom is 0.490 e. The average molecular weight is 592 g/mol. The Kier molecular flexibility index (Phi) is 9.40. The zero-order valence-electron chi connectivity index (χ0n) is 21.5. The highest BCUT2D eigenvalue weighted by Gasteiger charge is 2.41. The first-order chi connectivity index (χ1) is 19.1. The molecule has 3 aromatic carbocycles. The lowest BCUT2D eigenvalue weighted by Crippen LogP contribution is -2.47. The monoisotopic (exact) mass is 591 g/mol. The van der Waals surface area contributed by atoms with Crippen molar-refractivity contribution in [2.45, 2.75) is 42.3 Å². The van der Waals surface area contributed by atoms with Crippen LogP contribution in [0.5, 0.6) is 0 Å². The summed E-state index contributed by atoms with van der Waals surface area (Å²) in [5, 5.41) is 26.5. The van der Waals surface area contributed by atoms with Crippen LogP contribution in [-0.2, 0) is 19.6 Å². The molecule has 0 unspecified atom stereocenters. The Labute approximate surface area is 234 Å². The molecule has 1 amide bonds. The lowest BCUT2D eigenvalue weighted by atomic mass is 9.95. The number of carboxylic acids is 1. The number of aliphatic carboxylic acids is 1. The van der Waals surface area contributed by atoms with Crippen LogP contribution >= 0.6 is 0 Å². The van der Waals surface area contributed by atoms with Gasteiger partial charge >= 0.3 is 12.1 Å². The van der Waals surface area contributed by atoms with Crippen molar-refractivity contribution >= 4 is 39.1 Å². The fraction of sp³-hybridized carbons (Fsp3) is 0.222. The first-order valence-corrected chi connectivity index (χ1v) is 13.7. The molecule has 41 heavy (non-hydrogen) atoms. The number of alkyl halides is 3. The predicted molar refractivity (Wildman–Crippen MR) is 148 cm³/mol. The normalized spacial score (nSPS) is 14.3. The summed E-state index contributed by atoms with van der Waals surface area (Å²) in [6.07, 6.45) is -1.86. The van der Waals surface area contributed by atoms with Crippen molar-refractivity contribution in [3.05, 3.63) is 78.4 Å². The van der Waals surface area contributed by atoms with E-state index < -0.39 is 27.7 Å². The number of carboxylic acid groups (broad SMARTS) is 1. The van der Waals surface area contributed by atoms with Gasteiger partial charge < -0.3 is 21.5 Å². The van der Waals surface area contributed by atoms with Gasteiger partial charge in [-0.25, -0.2) is 18.4 Å². The summed E-state index contributed by atoms with van der Waals surface area (Å²) in [5.74, 6) is -2.93. The second-order valence-electron chi connectivity index (χ2n) is 9.28. The van der Waals surface area contributed by atoms with Gasteiger partial charge in [0.15, 0.2) is 0 Å². The van der Waals surface area contributed by atoms with Gasteiger partial charge in [0.2, 0.25) is 15.9 Å². The number of nitrogens with one attached hydrogen (secondary N) is 3. The number of carbonyl (C=O) groups is 2. The minimum atomic E-state index is -5.08. The number of anilines is 2. The van der Waals surface area contributed by atoms with Gasteiger partial charge in [-0.15, -0.1) is 0 Å². The van der Waals surface area contributed by atoms with Crippen molar-refractivity contribution in [2.24, 2.45) is 10.9 Å². The van der Waals surface area contributed by atoms with Gasteiger partial charge in [0, 0.05) is 22.5 Å². The lowest BCUT2D eigenvalue weighted by molar-refractivity contribution is -0.192. The first-order valence-electron chi connectivity index (χ1n) is 12.2. The van der Waals surface area contributed by atoms with E-state index in [1.807, 2.05) is 6.07 Å². The molecule has 0 radical (unpaired) electrons. The Hall–Kier alpha value is -4.43. The summed E-state index contributed by atoms with van der Waals surface area (Å²) < 4.78 is 55.6. The van der Waals surface area contributed by atoms with E-state index in [0.717, 1.165) is 18.5 Å². The van der Waals surface area contributed by atoms with E-state index in [9.17, 15) is 26.4 Å². The summed E-state index contributed by atoms with van der Waals surface area (Å²) in [4.78, 5) is 22.3. The zero-order valence-corrected chi connectivity index (χ0v) is 22.4. The highest BCUT2D eigenvalue weighted by atomic mass is 32.2. The molecule has 0 spiro atoms. The number of sulfonamides is 1. The number of primary sulfonamides is 1. The number of hydrogen-bond donors (Lipinski definition) is 6. The first kappa shape index (κ1) is 31.1. The van der Waals surface area contributed by atoms with Crippen molar-refractivity contribution in [3.63, 3.8) is 0 Å². The number of amides is 1. The number of amidine groups is 1. The molecule has 1 aliphatic carbocycles. The molecule has 0 bridgehead atoms. The number of benzene rings is 3. The molecule has 14 heteroatoms. The van der Waals surface area contributed by atoms with Crippen molar-refractivity contribution in [1.29, 1.82) is 5.41 Å². The molecule has 4 rings (SSSR count). The van der Waals surface area contributed by atoms with Gasteiger partial charge in [-0.05, 0) is 48.7 Å². The van der Waals surface area contributed by atoms with Gasteiger partial charge in [0.05, 0.1) is 4.90 Å². The Morgan fingerprint density at radius 1 is 0.927 bits per heavy atom. The molecule has 1 fully saturated rings. The largest absolute Gasteiger partial charge is 0.490 e. The summed E-state index contributed by atoms with van der Waals surface area (Å²) >= 11 is 0. The molecule has 0 atom stereocenters. The molecule has 218 valence electrons. The van der Waals surface area contributed by atoms with Gasteiger partial charge in [-0.3, -0.25) is 10.2 Å². The van der Waals surface area contributed by atoms with Crippen LogP contribution in [0.3, 0.4) is 0 Å². The van der Waals surface area contributed by atoms with Crippen LogP contribution < -0.4 is 21.5 Å². The SMILES string of the molecule is N=C(N)c1cccc(NC2(C(=O)Nc3ccc(-c4ccccc4S(N)(=O)=O)cc3)CCCC2)c1.O=C(O)C(F)(F)F. The number of nitrogen functional groups attached to an aromatic ring is 1. The second kappa shape index (κ2) is 12.4. The van der Waals surface area contributed by atoms with Crippen molar-refractivity contribution in [1.82, 2.24) is 0 Å². The van der Waals surface area contributed by atoms with Crippen LogP contribution in [0.4, 0.5) is 24.5 Å². The topological polar surface area (TPSA) is 188 Å². The highest BCUT2D eigenvalue weighted by molar-refractivity contribution is 7.89. The quantitative estimate of drug-likeness (QED) is 0.175. The van der Waals surface area contributed by atoms with Crippen LogP contribution in [-0.4, -0.2) is 43.0 Å². The van der Waals surface area contributed by atoms with Gasteiger partial charge in [-0.2, -0.15) is 13.2 Å². The molecular formula is C27H28F3N5O5S. The minimum absolute atomic E-state index is 0.0299. The number of carbonyl (C=O) groups excluding carboxylic acids is 1. The van der Waals surface area contributed by atoms with Crippen LogP contribution in [0.2, 0.25) is 0 Å². The maximum atomic E-state index is 13.4. The number of hydrogen-bond acceptors (Lipinski definition) is 6. The van der Waals surface area contributed by atoms with Gasteiger partial charge in [-0.1, -0.05) is 55.3 Å². The van der Waals surface area contributed by atoms with E-state index in [2.05, 4.69) is 10.6 Å². The summed E-state index contributed by atoms with van der Waals surface area (Å²) in [7, 11) is -3.87. The van der Waals surface area contributed by atoms with E-state index in [-0.39, 0.29) is 16.6 Å². The van der Waals surface area contributed by atoms with Gasteiger partial charge in [0.1, 0.15) is 11.4 Å². The summed E-state index contributed by atoms with van der Waals surface area (Å²) in [5.41, 5.74) is 7.95. The number of rotatable bonds is 7. The Bertz CT molecular complexity index is 1540. The maximum absolute atomic E-state index is 13.4. The minimum Gasteiger partial charge on any atom is -0.475 e. The second-order valence-corrected chi connectivity index (χ2v) is 10.8. The van der Waals surface area contributed by atoms with Crippen LogP contribution in [0.15, 0.2) is 77.7 Å². The molecule has 1 saturated carbocycles. The summed E-state index contributed by atoms with van der Waals surface area (Å²) in [6, 6.07) is 20.7. The molecule has 0 heterocycles. The Morgan fingerprint density at radius 2 is 1.51 bits per heavy atom. The predicted octanol–water partition coefficient (Wildman–Crippen LogP) is 4.28. The van der Waals surface area contributed by atoms with E-state index in [1.165, 1.54) is 6.07 Å². The van der Waals surface area contributed by atoms with Crippen LogP contribution in [0.25, 0.3) is 11.1 Å². The Balaban J connectivity index is 0.000000587. The smallest absolute Gasteiger partial charge is 0.475 e. The molecule has 0 aromatic heterocycles. The van der Waals surface area contributed by atoms with Crippen molar-refractivity contribution in [2.75, 3.05) is 10.6 Å². The van der Waals surface area contributed by atoms with E-state index in [1.54, 1.807) is 60.7 Å². The van der Waals surface area contributed by atoms with Gasteiger partial charge in [0.25, 0.3) is 0 Å². The van der Waals surface area contributed by atoms with E-state index in [0.29, 0.717) is 35.2 Å². The number of nitrogens with two attached hydrogens (primary N) is 2. The molecule has 1 aliphatic rings. The standard InChI is InChI=1S/C25H27N5O3S.C2HF3O2/c26-23(27)18-6-5-7-20(16-18)30-25(14-3-4-15-25)24(31)29-19-12-10-17(11-13-19)21-8-1-2-9-22(21)34(28,32)33;3-2(4,5)1(6)7/h1-2,5-13,16,30H,3-4,14-15H2,(H3,26,27)(H,29,31)(H2,28,32,33);(H,6,7). The lowest BCUT2D eigenvalue weighted by Gasteiger charge is -2.30. The number of halogens is 3. The molecule has 0 saturated heterocycles. The fourth-order valence-corrected chi connectivity index (χ4v) is 5.13. The molecule has 0 aliphatic heterocycles. The van der Waals surface area contributed by atoms with Crippen molar-refractivity contribution < 1.29 is 36.3 Å². The van der Waals surface area contributed by atoms with Crippen LogP contribution in [0.1, 0.15) is 31.2 Å².